The summed E-state index contributed by atoms with van der Waals surface area (Å²) in [4.78, 5) is 38.4. The average molecular weight is 1120 g/mol. The van der Waals surface area contributed by atoms with Gasteiger partial charge >= 0.3 is 17.9 Å². The van der Waals surface area contributed by atoms with Crippen LogP contribution in [0.15, 0.2) is 146 Å². The van der Waals surface area contributed by atoms with Crippen LogP contribution in [-0.4, -0.2) is 37.2 Å². The van der Waals surface area contributed by atoms with Crippen molar-refractivity contribution in [1.29, 1.82) is 0 Å². The Morgan fingerprint density at radius 3 is 0.778 bits per heavy atom. The maximum Gasteiger partial charge on any atom is 0.306 e. The molecule has 0 bridgehead atoms. The molecule has 0 aromatic rings. The van der Waals surface area contributed by atoms with Gasteiger partial charge in [-0.15, -0.1) is 0 Å². The fourth-order valence-electron chi connectivity index (χ4n) is 8.92. The van der Waals surface area contributed by atoms with Crippen LogP contribution in [0.3, 0.4) is 0 Å². The Bertz CT molecular complexity index is 1760. The number of ether oxygens (including phenoxy) is 3. The lowest BCUT2D eigenvalue weighted by molar-refractivity contribution is -0.167. The summed E-state index contributed by atoms with van der Waals surface area (Å²) in [7, 11) is 0. The van der Waals surface area contributed by atoms with Crippen molar-refractivity contribution in [2.45, 2.75) is 297 Å². The molecule has 6 heteroatoms. The predicted molar refractivity (Wildman–Crippen MR) is 352 cm³/mol. The Hall–Kier alpha value is -4.71. The standard InChI is InChI=1S/C75H122O6/c1-4-7-10-13-16-19-22-25-28-30-32-34-35-36-37-38-39-41-42-44-47-50-53-56-59-62-65-68-74(77)80-71-72(70-79-73(76)67-64-61-58-55-52-49-46-27-24-21-18-15-12-9-6-3)81-75(78)69-66-63-60-57-54-51-48-45-43-40-33-31-29-26-23-20-17-14-11-8-5-2/h7-8,10-11,16-17,19-20,25-26,28-29,32-34,36-37,39-41,44,47,53,56,72H,4-6,9,12-15,18,21-24,27,30-31,35,38,42-43,45-46,48-52,54-55,57-71H2,1-3H3/b10-7-,11-8-,19-16-,20-17-,28-25-,29-26-,34-32-,37-36-,40-33-,41-39-,47-44-,56-53-. The first-order chi connectivity index (χ1) is 40.0. The second-order valence-electron chi connectivity index (χ2n) is 21.6. The van der Waals surface area contributed by atoms with E-state index in [-0.39, 0.29) is 31.1 Å². The van der Waals surface area contributed by atoms with Crippen molar-refractivity contribution in [3.8, 4) is 0 Å². The van der Waals surface area contributed by atoms with E-state index in [0.717, 1.165) is 135 Å². The third kappa shape index (κ3) is 66.0. The first-order valence-electron chi connectivity index (χ1n) is 33.3. The molecule has 0 rings (SSSR count). The van der Waals surface area contributed by atoms with E-state index in [2.05, 4.69) is 167 Å². The molecule has 0 amide bonds. The topological polar surface area (TPSA) is 78.9 Å². The van der Waals surface area contributed by atoms with Crippen LogP contribution in [0.1, 0.15) is 290 Å². The predicted octanol–water partition coefficient (Wildman–Crippen LogP) is 23.1. The third-order valence-corrected chi connectivity index (χ3v) is 13.8. The summed E-state index contributed by atoms with van der Waals surface area (Å²) in [5.41, 5.74) is 0. The molecule has 0 saturated carbocycles. The van der Waals surface area contributed by atoms with Crippen molar-refractivity contribution < 1.29 is 28.6 Å². The average Bonchev–Trinajstić information content (AvgIpc) is 3.47. The Morgan fingerprint density at radius 2 is 0.481 bits per heavy atom. The van der Waals surface area contributed by atoms with E-state index < -0.39 is 6.10 Å². The number of carbonyl (C=O) groups excluding carboxylic acids is 3. The van der Waals surface area contributed by atoms with Gasteiger partial charge in [-0.25, -0.2) is 0 Å². The Labute approximate surface area is 499 Å². The van der Waals surface area contributed by atoms with E-state index in [1.807, 2.05) is 0 Å². The summed E-state index contributed by atoms with van der Waals surface area (Å²) in [5, 5.41) is 0. The second kappa shape index (κ2) is 67.8. The molecule has 0 radical (unpaired) electrons. The maximum absolute atomic E-state index is 12.9. The van der Waals surface area contributed by atoms with Crippen LogP contribution in [0.25, 0.3) is 0 Å². The number of hydrogen-bond donors (Lipinski definition) is 0. The maximum atomic E-state index is 12.9. The zero-order chi connectivity index (χ0) is 58.5. The van der Waals surface area contributed by atoms with Gasteiger partial charge < -0.3 is 14.2 Å². The first-order valence-corrected chi connectivity index (χ1v) is 33.3. The van der Waals surface area contributed by atoms with Gasteiger partial charge in [-0.05, 0) is 122 Å². The first kappa shape index (κ1) is 76.3. The van der Waals surface area contributed by atoms with E-state index in [4.69, 9.17) is 14.2 Å². The highest BCUT2D eigenvalue weighted by Crippen LogP contribution is 2.16. The molecule has 0 N–H and O–H groups in total. The van der Waals surface area contributed by atoms with Gasteiger partial charge in [0.05, 0.1) is 0 Å². The van der Waals surface area contributed by atoms with Gasteiger partial charge in [0.25, 0.3) is 0 Å². The highest BCUT2D eigenvalue weighted by atomic mass is 16.6. The van der Waals surface area contributed by atoms with Crippen molar-refractivity contribution in [3.05, 3.63) is 146 Å². The summed E-state index contributed by atoms with van der Waals surface area (Å²) in [6.45, 7) is 6.39. The molecule has 6 nitrogen and oxygen atoms in total. The van der Waals surface area contributed by atoms with Crippen LogP contribution in [0, 0.1) is 0 Å². The van der Waals surface area contributed by atoms with Gasteiger partial charge in [-0.3, -0.25) is 14.4 Å². The normalized spacial score (nSPS) is 13.1. The largest absolute Gasteiger partial charge is 0.462 e. The van der Waals surface area contributed by atoms with E-state index in [0.29, 0.717) is 25.7 Å². The summed E-state index contributed by atoms with van der Waals surface area (Å²) >= 11 is 0. The molecule has 0 heterocycles. The monoisotopic (exact) mass is 1120 g/mol. The molecule has 0 aromatic heterocycles. The number of hydrogen-bond acceptors (Lipinski definition) is 6. The van der Waals surface area contributed by atoms with Crippen molar-refractivity contribution in [2.24, 2.45) is 0 Å². The van der Waals surface area contributed by atoms with Gasteiger partial charge in [0.1, 0.15) is 13.2 Å². The van der Waals surface area contributed by atoms with Crippen molar-refractivity contribution in [1.82, 2.24) is 0 Å². The van der Waals surface area contributed by atoms with E-state index in [9.17, 15) is 14.4 Å². The lowest BCUT2D eigenvalue weighted by atomic mass is 10.0. The van der Waals surface area contributed by atoms with Gasteiger partial charge in [0.2, 0.25) is 0 Å². The number of carbonyl (C=O) groups is 3. The summed E-state index contributed by atoms with van der Waals surface area (Å²) < 4.78 is 16.9. The molecule has 0 aliphatic carbocycles. The van der Waals surface area contributed by atoms with Gasteiger partial charge in [0.15, 0.2) is 6.10 Å². The van der Waals surface area contributed by atoms with E-state index >= 15 is 0 Å². The van der Waals surface area contributed by atoms with E-state index in [1.165, 1.54) is 109 Å². The van der Waals surface area contributed by atoms with Crippen molar-refractivity contribution in [3.63, 3.8) is 0 Å². The molecule has 458 valence electrons. The number of rotatable bonds is 59. The molecule has 0 spiro atoms. The van der Waals surface area contributed by atoms with Gasteiger partial charge in [-0.2, -0.15) is 0 Å². The van der Waals surface area contributed by atoms with Gasteiger partial charge in [-0.1, -0.05) is 295 Å². The summed E-state index contributed by atoms with van der Waals surface area (Å²) in [6, 6.07) is 0. The van der Waals surface area contributed by atoms with Gasteiger partial charge in [0, 0.05) is 19.3 Å². The van der Waals surface area contributed by atoms with Crippen LogP contribution < -0.4 is 0 Å². The number of allylic oxidation sites excluding steroid dienone is 24. The lowest BCUT2D eigenvalue weighted by Gasteiger charge is -2.18. The molecule has 1 unspecified atom stereocenters. The third-order valence-electron chi connectivity index (χ3n) is 13.8. The zero-order valence-corrected chi connectivity index (χ0v) is 52.5. The minimum Gasteiger partial charge on any atom is -0.462 e. The van der Waals surface area contributed by atoms with Crippen molar-refractivity contribution >= 4 is 17.9 Å². The van der Waals surface area contributed by atoms with Crippen LogP contribution in [0.2, 0.25) is 0 Å². The Balaban J connectivity index is 4.47. The Kier molecular flexibility index (Phi) is 63.9. The molecule has 0 aliphatic heterocycles. The van der Waals surface area contributed by atoms with Crippen LogP contribution in [0.5, 0.6) is 0 Å². The summed E-state index contributed by atoms with van der Waals surface area (Å²) in [5.74, 6) is -0.947. The Morgan fingerprint density at radius 1 is 0.259 bits per heavy atom. The van der Waals surface area contributed by atoms with Crippen LogP contribution in [0.4, 0.5) is 0 Å². The molecular weight excluding hydrogens is 997 g/mol. The molecular formula is C75H122O6. The van der Waals surface area contributed by atoms with E-state index in [1.54, 1.807) is 0 Å². The van der Waals surface area contributed by atoms with Crippen LogP contribution >= 0.6 is 0 Å². The number of unbranched alkanes of at least 4 members (excludes halogenated alkanes) is 24. The smallest absolute Gasteiger partial charge is 0.306 e. The highest BCUT2D eigenvalue weighted by Gasteiger charge is 2.19. The SMILES string of the molecule is CC/C=C\C/C=C\C/C=C\C/C=C\C/C=C\C/C=C\C/C=C\C/C=C\CCCCC(=O)OCC(COC(=O)CCCCCCCCCCCCCCCCC)OC(=O)CCCCCCCCCC/C=C\C/C=C\C/C=C\C/C=C\CC. The quantitative estimate of drug-likeness (QED) is 0.0261. The highest BCUT2D eigenvalue weighted by molar-refractivity contribution is 5.71. The molecule has 1 atom stereocenters. The fourth-order valence-corrected chi connectivity index (χ4v) is 8.92. The second-order valence-corrected chi connectivity index (χ2v) is 21.6. The minimum atomic E-state index is -0.807. The molecule has 0 aromatic carbocycles. The fraction of sp³-hybridized carbons (Fsp3) is 0.640. The molecule has 0 aliphatic rings. The number of esters is 3. The molecule has 0 saturated heterocycles. The molecule has 0 fully saturated rings. The minimum absolute atomic E-state index is 0.0977. The summed E-state index contributed by atoms with van der Waals surface area (Å²) in [6.07, 6.45) is 97.1. The lowest BCUT2D eigenvalue weighted by Crippen LogP contribution is -2.30. The van der Waals surface area contributed by atoms with Crippen LogP contribution in [-0.2, 0) is 28.6 Å². The zero-order valence-electron chi connectivity index (χ0n) is 52.5. The molecule has 81 heavy (non-hydrogen) atoms. The van der Waals surface area contributed by atoms with Crippen molar-refractivity contribution in [2.75, 3.05) is 13.2 Å².